The summed E-state index contributed by atoms with van der Waals surface area (Å²) in [6, 6.07) is 7.12. The number of aryl methyl sites for hydroxylation is 1. The molecule has 0 aliphatic heterocycles. The van der Waals surface area contributed by atoms with Gasteiger partial charge in [0.05, 0.1) is 6.10 Å². The number of aliphatic hydroxyl groups is 1. The van der Waals surface area contributed by atoms with Crippen LogP contribution in [-0.4, -0.2) is 23.7 Å². The summed E-state index contributed by atoms with van der Waals surface area (Å²) in [7, 11) is 0. The lowest BCUT2D eigenvalue weighted by atomic mass is 9.87. The summed E-state index contributed by atoms with van der Waals surface area (Å²) in [5, 5.41) is 12.4. The van der Waals surface area contributed by atoms with Crippen LogP contribution < -0.4 is 11.1 Å². The SMILES string of the molecule is Cc1ccc(C(N)C(=O)NCC2CCC(O)CC2)cc1. The molecule has 1 saturated carbocycles. The molecule has 1 aliphatic rings. The molecule has 4 nitrogen and oxygen atoms in total. The third-order valence-corrected chi connectivity index (χ3v) is 4.10. The number of carbonyl (C=O) groups is 1. The molecule has 1 fully saturated rings. The lowest BCUT2D eigenvalue weighted by molar-refractivity contribution is -0.122. The standard InChI is InChI=1S/C16H24N2O2/c1-11-2-6-13(7-3-11)15(17)16(20)18-10-12-4-8-14(19)9-5-12/h2-3,6-7,12,14-15,19H,4-5,8-10,17H2,1H3,(H,18,20). The van der Waals surface area contributed by atoms with E-state index in [-0.39, 0.29) is 12.0 Å². The molecule has 0 heterocycles. The maximum atomic E-state index is 12.0. The molecule has 0 saturated heterocycles. The normalized spacial score (nSPS) is 24.1. The first-order valence-electron chi connectivity index (χ1n) is 7.34. The van der Waals surface area contributed by atoms with Crippen LogP contribution in [0.15, 0.2) is 24.3 Å². The van der Waals surface area contributed by atoms with Gasteiger partial charge < -0.3 is 16.2 Å². The molecule has 1 amide bonds. The van der Waals surface area contributed by atoms with E-state index in [1.165, 1.54) is 0 Å². The first kappa shape index (κ1) is 15.0. The van der Waals surface area contributed by atoms with Crippen LogP contribution in [0.2, 0.25) is 0 Å². The largest absolute Gasteiger partial charge is 0.393 e. The van der Waals surface area contributed by atoms with E-state index in [1.807, 2.05) is 31.2 Å². The summed E-state index contributed by atoms with van der Waals surface area (Å²) < 4.78 is 0. The van der Waals surface area contributed by atoms with Crippen molar-refractivity contribution in [3.8, 4) is 0 Å². The minimum Gasteiger partial charge on any atom is -0.393 e. The number of carbonyl (C=O) groups excluding carboxylic acids is 1. The maximum Gasteiger partial charge on any atom is 0.241 e. The van der Waals surface area contributed by atoms with Gasteiger partial charge in [-0.25, -0.2) is 0 Å². The molecule has 0 aromatic heterocycles. The number of aliphatic hydroxyl groups excluding tert-OH is 1. The van der Waals surface area contributed by atoms with E-state index < -0.39 is 6.04 Å². The number of nitrogens with one attached hydrogen (secondary N) is 1. The zero-order valence-electron chi connectivity index (χ0n) is 12.0. The van der Waals surface area contributed by atoms with Gasteiger partial charge in [-0.05, 0) is 44.1 Å². The Bertz CT molecular complexity index is 436. The fourth-order valence-electron chi connectivity index (χ4n) is 2.63. The number of rotatable bonds is 4. The smallest absolute Gasteiger partial charge is 0.241 e. The summed E-state index contributed by atoms with van der Waals surface area (Å²) in [6.07, 6.45) is 3.47. The fraction of sp³-hybridized carbons (Fsp3) is 0.562. The molecule has 0 radical (unpaired) electrons. The van der Waals surface area contributed by atoms with Gasteiger partial charge in [0.25, 0.3) is 0 Å². The van der Waals surface area contributed by atoms with E-state index in [2.05, 4.69) is 5.32 Å². The molecular weight excluding hydrogens is 252 g/mol. The van der Waals surface area contributed by atoms with E-state index in [1.54, 1.807) is 0 Å². The van der Waals surface area contributed by atoms with Gasteiger partial charge in [0.2, 0.25) is 5.91 Å². The second-order valence-corrected chi connectivity index (χ2v) is 5.81. The van der Waals surface area contributed by atoms with E-state index >= 15 is 0 Å². The van der Waals surface area contributed by atoms with E-state index in [9.17, 15) is 9.90 Å². The Morgan fingerprint density at radius 2 is 1.90 bits per heavy atom. The van der Waals surface area contributed by atoms with Crippen LogP contribution in [0.1, 0.15) is 42.9 Å². The van der Waals surface area contributed by atoms with Crippen molar-refractivity contribution in [2.75, 3.05) is 6.54 Å². The van der Waals surface area contributed by atoms with Crippen molar-refractivity contribution in [1.29, 1.82) is 0 Å². The first-order chi connectivity index (χ1) is 9.56. The van der Waals surface area contributed by atoms with Crippen LogP contribution in [0.4, 0.5) is 0 Å². The molecule has 110 valence electrons. The number of nitrogens with two attached hydrogens (primary N) is 1. The second-order valence-electron chi connectivity index (χ2n) is 5.81. The summed E-state index contributed by atoms with van der Waals surface area (Å²) in [5.41, 5.74) is 7.97. The highest BCUT2D eigenvalue weighted by molar-refractivity contribution is 5.82. The van der Waals surface area contributed by atoms with Gasteiger partial charge in [-0.15, -0.1) is 0 Å². The zero-order valence-corrected chi connectivity index (χ0v) is 12.0. The average Bonchev–Trinajstić information content (AvgIpc) is 2.46. The Balaban J connectivity index is 1.80. The number of hydrogen-bond acceptors (Lipinski definition) is 3. The van der Waals surface area contributed by atoms with E-state index in [4.69, 9.17) is 5.73 Å². The highest BCUT2D eigenvalue weighted by atomic mass is 16.3. The third kappa shape index (κ3) is 4.05. The van der Waals surface area contributed by atoms with Crippen LogP contribution in [0.5, 0.6) is 0 Å². The molecule has 1 atom stereocenters. The molecular formula is C16H24N2O2. The van der Waals surface area contributed by atoms with Gasteiger partial charge >= 0.3 is 0 Å². The van der Waals surface area contributed by atoms with Crippen molar-refractivity contribution in [2.45, 2.75) is 44.8 Å². The fourth-order valence-corrected chi connectivity index (χ4v) is 2.63. The van der Waals surface area contributed by atoms with Crippen LogP contribution in [0.25, 0.3) is 0 Å². The highest BCUT2D eigenvalue weighted by Crippen LogP contribution is 2.23. The number of hydrogen-bond donors (Lipinski definition) is 3. The van der Waals surface area contributed by atoms with Crippen molar-refractivity contribution in [2.24, 2.45) is 11.7 Å². The molecule has 1 aromatic carbocycles. The quantitative estimate of drug-likeness (QED) is 0.783. The van der Waals surface area contributed by atoms with Gasteiger partial charge in [-0.3, -0.25) is 4.79 Å². The van der Waals surface area contributed by atoms with Gasteiger partial charge in [0.15, 0.2) is 0 Å². The minimum atomic E-state index is -0.607. The monoisotopic (exact) mass is 276 g/mol. The Morgan fingerprint density at radius 3 is 2.50 bits per heavy atom. The molecule has 4 N–H and O–H groups in total. The molecule has 1 aliphatic carbocycles. The Morgan fingerprint density at radius 1 is 1.30 bits per heavy atom. The number of amides is 1. The summed E-state index contributed by atoms with van der Waals surface area (Å²) >= 11 is 0. The van der Waals surface area contributed by atoms with Crippen molar-refractivity contribution in [3.63, 3.8) is 0 Å². The average molecular weight is 276 g/mol. The molecule has 2 rings (SSSR count). The predicted molar refractivity (Wildman–Crippen MR) is 79.1 cm³/mol. The summed E-state index contributed by atoms with van der Waals surface area (Å²) in [6.45, 7) is 2.66. The van der Waals surface area contributed by atoms with Crippen molar-refractivity contribution >= 4 is 5.91 Å². The summed E-state index contributed by atoms with van der Waals surface area (Å²) in [4.78, 5) is 12.0. The topological polar surface area (TPSA) is 75.4 Å². The van der Waals surface area contributed by atoms with Crippen LogP contribution in [-0.2, 0) is 4.79 Å². The predicted octanol–water partition coefficient (Wildman–Crippen LogP) is 1.66. The van der Waals surface area contributed by atoms with Crippen molar-refractivity contribution < 1.29 is 9.90 Å². The zero-order chi connectivity index (χ0) is 14.5. The molecule has 1 aromatic rings. The minimum absolute atomic E-state index is 0.125. The Kier molecular flexibility index (Phi) is 5.15. The third-order valence-electron chi connectivity index (χ3n) is 4.10. The molecule has 0 bridgehead atoms. The molecule has 20 heavy (non-hydrogen) atoms. The maximum absolute atomic E-state index is 12.0. The van der Waals surface area contributed by atoms with Crippen LogP contribution >= 0.6 is 0 Å². The molecule has 1 unspecified atom stereocenters. The van der Waals surface area contributed by atoms with Crippen LogP contribution in [0, 0.1) is 12.8 Å². The van der Waals surface area contributed by atoms with E-state index in [0.717, 1.165) is 36.8 Å². The van der Waals surface area contributed by atoms with Crippen molar-refractivity contribution in [1.82, 2.24) is 5.32 Å². The van der Waals surface area contributed by atoms with E-state index in [0.29, 0.717) is 12.5 Å². The summed E-state index contributed by atoms with van der Waals surface area (Å²) in [5.74, 6) is 0.340. The van der Waals surface area contributed by atoms with Gasteiger partial charge in [0.1, 0.15) is 6.04 Å². The lowest BCUT2D eigenvalue weighted by Crippen LogP contribution is -2.38. The molecule has 4 heteroatoms. The Hall–Kier alpha value is -1.39. The lowest BCUT2D eigenvalue weighted by Gasteiger charge is -2.26. The van der Waals surface area contributed by atoms with Crippen molar-refractivity contribution in [3.05, 3.63) is 35.4 Å². The second kappa shape index (κ2) is 6.86. The van der Waals surface area contributed by atoms with Crippen LogP contribution in [0.3, 0.4) is 0 Å². The Labute approximate surface area is 120 Å². The molecule has 0 spiro atoms. The van der Waals surface area contributed by atoms with Gasteiger partial charge in [0, 0.05) is 6.54 Å². The first-order valence-corrected chi connectivity index (χ1v) is 7.34. The highest BCUT2D eigenvalue weighted by Gasteiger charge is 2.21. The van der Waals surface area contributed by atoms with Gasteiger partial charge in [-0.2, -0.15) is 0 Å². The number of benzene rings is 1. The van der Waals surface area contributed by atoms with Gasteiger partial charge in [-0.1, -0.05) is 29.8 Å².